The highest BCUT2D eigenvalue weighted by atomic mass is 32.2. The Hall–Kier alpha value is -2.04. The van der Waals surface area contributed by atoms with Gasteiger partial charge in [-0.05, 0) is 57.4 Å². The number of carbonyl (C=O) groups excluding carboxylic acids is 2. The smallest absolute Gasteiger partial charge is 0.334 e. The number of esters is 1. The highest BCUT2D eigenvalue weighted by molar-refractivity contribution is 7.89. The van der Waals surface area contributed by atoms with Crippen LogP contribution in [0.25, 0.3) is 0 Å². The summed E-state index contributed by atoms with van der Waals surface area (Å²) in [6, 6.07) is 4.24. The van der Waals surface area contributed by atoms with E-state index in [4.69, 9.17) is 4.74 Å². The van der Waals surface area contributed by atoms with Crippen LogP contribution in [0.5, 0.6) is 0 Å². The molecule has 27 heavy (non-hydrogen) atoms. The number of benzene rings is 1. The molecule has 1 N–H and O–H groups in total. The summed E-state index contributed by atoms with van der Waals surface area (Å²) in [5.74, 6) is -1.77. The maximum absolute atomic E-state index is 12.8. The summed E-state index contributed by atoms with van der Waals surface area (Å²) in [7, 11) is -4.06. The maximum Gasteiger partial charge on any atom is 0.334 e. The van der Waals surface area contributed by atoms with Crippen molar-refractivity contribution in [3.05, 3.63) is 30.1 Å². The Morgan fingerprint density at radius 3 is 2.33 bits per heavy atom. The van der Waals surface area contributed by atoms with Gasteiger partial charge in [0.15, 0.2) is 13.2 Å². The topological polar surface area (TPSA) is 102 Å². The van der Waals surface area contributed by atoms with E-state index in [1.54, 1.807) is 9.79 Å². The number of halogens is 1. The molecule has 1 aliphatic heterocycles. The summed E-state index contributed by atoms with van der Waals surface area (Å²) in [5.41, 5.74) is 0. The predicted molar refractivity (Wildman–Crippen MR) is 93.3 cm³/mol. The maximum atomic E-state index is 12.8. The average molecular weight is 402 g/mol. The SMILES string of the molecule is C[C@@H]1CCC[C@@H](C)N1C(=O)COC(=O)CONS(=O)(=O)c1ccc(F)cc1. The molecule has 2 rings (SSSR count). The lowest BCUT2D eigenvalue weighted by Gasteiger charge is -2.38. The van der Waals surface area contributed by atoms with Crippen LogP contribution in [0, 0.1) is 5.82 Å². The van der Waals surface area contributed by atoms with Gasteiger partial charge in [-0.15, -0.1) is 0 Å². The van der Waals surface area contributed by atoms with Crippen LogP contribution >= 0.6 is 0 Å². The number of hydrogen-bond donors (Lipinski definition) is 1. The van der Waals surface area contributed by atoms with E-state index in [2.05, 4.69) is 4.84 Å². The minimum absolute atomic E-state index is 0.0821. The second-order valence-electron chi connectivity index (χ2n) is 6.42. The van der Waals surface area contributed by atoms with Crippen molar-refractivity contribution in [1.29, 1.82) is 0 Å². The standard InChI is InChI=1S/C17H23FN2O6S/c1-12-4-3-5-13(2)20(12)16(21)10-25-17(22)11-26-19-27(23,24)15-8-6-14(18)7-9-15/h6-9,12-13,19H,3-5,10-11H2,1-2H3/t12-,13-/m1/s1. The molecule has 0 bridgehead atoms. The van der Waals surface area contributed by atoms with Crippen LogP contribution in [0.2, 0.25) is 0 Å². The zero-order valence-electron chi connectivity index (χ0n) is 15.2. The zero-order chi connectivity index (χ0) is 20.0. The molecule has 0 aromatic heterocycles. The van der Waals surface area contributed by atoms with E-state index in [0.717, 1.165) is 43.5 Å². The zero-order valence-corrected chi connectivity index (χ0v) is 16.0. The third kappa shape index (κ3) is 5.98. The molecule has 0 unspecified atom stereocenters. The van der Waals surface area contributed by atoms with Gasteiger partial charge in [-0.3, -0.25) is 9.63 Å². The molecule has 8 nitrogen and oxygen atoms in total. The van der Waals surface area contributed by atoms with Crippen molar-refractivity contribution in [3.8, 4) is 0 Å². The predicted octanol–water partition coefficient (Wildman–Crippen LogP) is 1.37. The Bertz CT molecular complexity index is 758. The first-order valence-electron chi connectivity index (χ1n) is 8.56. The van der Waals surface area contributed by atoms with Crippen LogP contribution in [0.4, 0.5) is 4.39 Å². The van der Waals surface area contributed by atoms with Crippen molar-refractivity contribution in [2.45, 2.75) is 50.1 Å². The molecule has 1 aliphatic rings. The Balaban J connectivity index is 1.76. The summed E-state index contributed by atoms with van der Waals surface area (Å²) < 4.78 is 41.5. The van der Waals surface area contributed by atoms with Gasteiger partial charge in [0.25, 0.3) is 15.9 Å². The van der Waals surface area contributed by atoms with Crippen LogP contribution in [0.3, 0.4) is 0 Å². The largest absolute Gasteiger partial charge is 0.454 e. The lowest BCUT2D eigenvalue weighted by Crippen LogP contribution is -2.49. The van der Waals surface area contributed by atoms with Crippen LogP contribution in [0.15, 0.2) is 29.2 Å². The van der Waals surface area contributed by atoms with E-state index >= 15 is 0 Å². The monoisotopic (exact) mass is 402 g/mol. The molecule has 1 fully saturated rings. The van der Waals surface area contributed by atoms with Crippen LogP contribution in [0.1, 0.15) is 33.1 Å². The summed E-state index contributed by atoms with van der Waals surface area (Å²) >= 11 is 0. The minimum Gasteiger partial charge on any atom is -0.454 e. The molecule has 10 heteroatoms. The van der Waals surface area contributed by atoms with Gasteiger partial charge in [-0.2, -0.15) is 0 Å². The van der Waals surface area contributed by atoms with Crippen molar-refractivity contribution >= 4 is 21.9 Å². The molecular weight excluding hydrogens is 379 g/mol. The van der Waals surface area contributed by atoms with Crippen molar-refractivity contribution in [2.75, 3.05) is 13.2 Å². The first-order valence-corrected chi connectivity index (χ1v) is 10.0. The molecule has 1 amide bonds. The molecule has 0 spiro atoms. The van der Waals surface area contributed by atoms with Gasteiger partial charge < -0.3 is 9.64 Å². The van der Waals surface area contributed by atoms with Gasteiger partial charge in [-0.25, -0.2) is 17.6 Å². The number of rotatable bonds is 7. The summed E-state index contributed by atoms with van der Waals surface area (Å²) in [5, 5.41) is 0. The Morgan fingerprint density at radius 1 is 1.15 bits per heavy atom. The second kappa shape index (κ2) is 9.25. The van der Waals surface area contributed by atoms with Crippen molar-refractivity contribution < 1.29 is 32.0 Å². The van der Waals surface area contributed by atoms with Crippen molar-refractivity contribution in [2.24, 2.45) is 0 Å². The fourth-order valence-corrected chi connectivity index (χ4v) is 3.80. The summed E-state index contributed by atoms with van der Waals surface area (Å²) in [4.78, 5) is 31.8. The van der Waals surface area contributed by atoms with Crippen molar-refractivity contribution in [1.82, 2.24) is 9.79 Å². The molecule has 0 radical (unpaired) electrons. The molecule has 0 aliphatic carbocycles. The highest BCUT2D eigenvalue weighted by Gasteiger charge is 2.29. The van der Waals surface area contributed by atoms with E-state index in [0.29, 0.717) is 0 Å². The van der Waals surface area contributed by atoms with Crippen molar-refractivity contribution in [3.63, 3.8) is 0 Å². The number of ether oxygens (including phenoxy) is 1. The number of nitrogens with zero attached hydrogens (tertiary/aromatic N) is 1. The van der Waals surface area contributed by atoms with Gasteiger partial charge in [-0.1, -0.05) is 4.89 Å². The summed E-state index contributed by atoms with van der Waals surface area (Å²) in [6.07, 6.45) is 2.85. The molecule has 1 aromatic carbocycles. The van der Waals surface area contributed by atoms with Gasteiger partial charge >= 0.3 is 5.97 Å². The van der Waals surface area contributed by atoms with Gasteiger partial charge in [0, 0.05) is 12.1 Å². The Morgan fingerprint density at radius 2 is 1.74 bits per heavy atom. The second-order valence-corrected chi connectivity index (χ2v) is 8.06. The Labute approximate surface area is 157 Å². The normalized spacial score (nSPS) is 20.3. The van der Waals surface area contributed by atoms with E-state index in [9.17, 15) is 22.4 Å². The molecular formula is C17H23FN2O6S. The first kappa shape index (κ1) is 21.3. The molecule has 1 heterocycles. The number of hydrogen-bond acceptors (Lipinski definition) is 6. The first-order chi connectivity index (χ1) is 12.7. The highest BCUT2D eigenvalue weighted by Crippen LogP contribution is 2.22. The molecule has 150 valence electrons. The number of nitrogens with one attached hydrogen (secondary N) is 1. The Kier molecular flexibility index (Phi) is 7.28. The number of sulfonamides is 1. The van der Waals surface area contributed by atoms with Crippen LogP contribution in [-0.2, 0) is 29.2 Å². The lowest BCUT2D eigenvalue weighted by molar-refractivity contribution is -0.158. The fraction of sp³-hybridized carbons (Fsp3) is 0.529. The lowest BCUT2D eigenvalue weighted by atomic mass is 9.97. The molecule has 2 atom stereocenters. The third-order valence-electron chi connectivity index (χ3n) is 4.32. The number of likely N-dealkylation sites (tertiary alicyclic amines) is 1. The number of piperidine rings is 1. The van der Waals surface area contributed by atoms with Crippen LogP contribution < -0.4 is 4.89 Å². The molecule has 1 saturated heterocycles. The van der Waals surface area contributed by atoms with E-state index in [1.165, 1.54) is 0 Å². The quantitative estimate of drug-likeness (QED) is 0.546. The van der Waals surface area contributed by atoms with Crippen LogP contribution in [-0.4, -0.2) is 50.5 Å². The van der Waals surface area contributed by atoms with E-state index in [-0.39, 0.29) is 22.9 Å². The average Bonchev–Trinajstić information content (AvgIpc) is 2.60. The number of carbonyl (C=O) groups is 2. The molecule has 0 saturated carbocycles. The molecule has 1 aromatic rings. The third-order valence-corrected chi connectivity index (χ3v) is 5.55. The van der Waals surface area contributed by atoms with Gasteiger partial charge in [0.2, 0.25) is 0 Å². The van der Waals surface area contributed by atoms with Gasteiger partial charge in [0.05, 0.1) is 4.90 Å². The van der Waals surface area contributed by atoms with E-state index in [1.807, 2.05) is 13.8 Å². The summed E-state index contributed by atoms with van der Waals surface area (Å²) in [6.45, 7) is 2.76. The number of amides is 1. The van der Waals surface area contributed by atoms with E-state index < -0.39 is 35.0 Å². The fourth-order valence-electron chi connectivity index (χ4n) is 3.00. The minimum atomic E-state index is -4.06. The van der Waals surface area contributed by atoms with Gasteiger partial charge in [0.1, 0.15) is 5.82 Å².